The van der Waals surface area contributed by atoms with E-state index >= 15 is 0 Å². The summed E-state index contributed by atoms with van der Waals surface area (Å²) in [5, 5.41) is 2.52. The van der Waals surface area contributed by atoms with Crippen LogP contribution in [0.2, 0.25) is 0 Å². The highest BCUT2D eigenvalue weighted by molar-refractivity contribution is 7.10. The molecule has 3 heterocycles. The first-order chi connectivity index (χ1) is 11.5. The monoisotopic (exact) mass is 351 g/mol. The molecule has 1 fully saturated rings. The van der Waals surface area contributed by atoms with E-state index in [-0.39, 0.29) is 55.1 Å². The van der Waals surface area contributed by atoms with E-state index in [1.54, 1.807) is 4.90 Å². The SMILES string of the molecule is Nc1nc(N)c(N)c(N2CCN(F)CC2C(=O)Cc2cccs2)n1. The molecular weight excluding hydrogens is 333 g/mol. The van der Waals surface area contributed by atoms with Crippen LogP contribution >= 0.6 is 11.3 Å². The summed E-state index contributed by atoms with van der Waals surface area (Å²) in [5.74, 6) is 0.168. The van der Waals surface area contributed by atoms with Crippen LogP contribution in [0.3, 0.4) is 0 Å². The quantitative estimate of drug-likeness (QED) is 0.678. The number of aromatic nitrogens is 2. The average molecular weight is 351 g/mol. The van der Waals surface area contributed by atoms with E-state index in [0.29, 0.717) is 5.12 Å². The molecule has 3 rings (SSSR count). The zero-order valence-electron chi connectivity index (χ0n) is 12.9. The summed E-state index contributed by atoms with van der Waals surface area (Å²) in [6.45, 7) is 0.316. The van der Waals surface area contributed by atoms with Gasteiger partial charge in [0.25, 0.3) is 0 Å². The normalized spacial score (nSPS) is 18.7. The molecule has 0 saturated carbocycles. The Bertz CT molecular complexity index is 739. The molecule has 8 nitrogen and oxygen atoms in total. The lowest BCUT2D eigenvalue weighted by atomic mass is 10.0. The van der Waals surface area contributed by atoms with E-state index in [1.807, 2.05) is 17.5 Å². The number of anilines is 4. The molecule has 0 aliphatic carbocycles. The molecule has 0 amide bonds. The molecule has 0 radical (unpaired) electrons. The molecule has 128 valence electrons. The summed E-state index contributed by atoms with van der Waals surface area (Å²) >= 11 is 1.48. The van der Waals surface area contributed by atoms with Gasteiger partial charge in [0.2, 0.25) is 5.95 Å². The summed E-state index contributed by atoms with van der Waals surface area (Å²) < 4.78 is 13.8. The zero-order valence-corrected chi connectivity index (χ0v) is 13.7. The number of carbonyl (C=O) groups excluding carboxylic acids is 1. The van der Waals surface area contributed by atoms with Gasteiger partial charge in [0, 0.05) is 24.4 Å². The Morgan fingerprint density at radius 3 is 2.83 bits per heavy atom. The van der Waals surface area contributed by atoms with Crippen LogP contribution in [-0.2, 0) is 11.2 Å². The Kier molecular flexibility index (Phi) is 4.49. The fourth-order valence-corrected chi connectivity index (χ4v) is 3.41. The van der Waals surface area contributed by atoms with Gasteiger partial charge in [-0.25, -0.2) is 0 Å². The molecule has 1 atom stereocenters. The molecule has 1 saturated heterocycles. The molecule has 1 aliphatic heterocycles. The van der Waals surface area contributed by atoms with E-state index in [4.69, 9.17) is 17.2 Å². The number of ketones is 1. The van der Waals surface area contributed by atoms with E-state index in [2.05, 4.69) is 9.97 Å². The summed E-state index contributed by atoms with van der Waals surface area (Å²) in [6.07, 6.45) is 0.225. The standard InChI is InChI=1S/C14H18FN7OS/c15-21-3-4-22(13-11(16)12(17)19-14(18)20-13)9(7-21)10(23)6-8-2-1-5-24-8/h1-2,5,9H,3-4,6-7,16H2,(H4,17,18,19,20). The van der Waals surface area contributed by atoms with Crippen LogP contribution in [0.25, 0.3) is 0 Å². The van der Waals surface area contributed by atoms with Gasteiger partial charge in [-0.05, 0) is 11.4 Å². The molecule has 2 aromatic rings. The molecular formula is C14H18FN7OS. The third-order valence-corrected chi connectivity index (χ3v) is 4.75. The van der Waals surface area contributed by atoms with Crippen LogP contribution in [0.15, 0.2) is 17.5 Å². The Morgan fingerprint density at radius 2 is 2.12 bits per heavy atom. The second kappa shape index (κ2) is 6.57. The largest absolute Gasteiger partial charge is 0.393 e. The van der Waals surface area contributed by atoms with E-state index < -0.39 is 6.04 Å². The number of nitrogen functional groups attached to an aromatic ring is 3. The highest BCUT2D eigenvalue weighted by Gasteiger charge is 2.35. The van der Waals surface area contributed by atoms with E-state index in [9.17, 15) is 9.28 Å². The lowest BCUT2D eigenvalue weighted by Crippen LogP contribution is -2.55. The minimum absolute atomic E-state index is 0.0381. The maximum atomic E-state index is 13.8. The molecule has 10 heteroatoms. The van der Waals surface area contributed by atoms with Crippen LogP contribution in [0.4, 0.5) is 27.8 Å². The molecule has 1 aliphatic rings. The van der Waals surface area contributed by atoms with Crippen LogP contribution in [0.1, 0.15) is 4.88 Å². The van der Waals surface area contributed by atoms with Crippen molar-refractivity contribution in [2.75, 3.05) is 41.7 Å². The first kappa shape index (κ1) is 16.4. The van der Waals surface area contributed by atoms with Gasteiger partial charge in [0.05, 0.1) is 6.54 Å². The smallest absolute Gasteiger partial charge is 0.224 e. The van der Waals surface area contributed by atoms with Crippen molar-refractivity contribution < 1.29 is 9.28 Å². The molecule has 24 heavy (non-hydrogen) atoms. The minimum atomic E-state index is -0.721. The zero-order chi connectivity index (χ0) is 17.3. The lowest BCUT2D eigenvalue weighted by Gasteiger charge is -2.38. The van der Waals surface area contributed by atoms with Gasteiger partial charge >= 0.3 is 0 Å². The van der Waals surface area contributed by atoms with Gasteiger partial charge in [0.1, 0.15) is 11.7 Å². The highest BCUT2D eigenvalue weighted by Crippen LogP contribution is 2.30. The van der Waals surface area contributed by atoms with Gasteiger partial charge in [0.15, 0.2) is 17.4 Å². The van der Waals surface area contributed by atoms with Gasteiger partial charge in [-0.2, -0.15) is 9.97 Å². The summed E-state index contributed by atoms with van der Waals surface area (Å²) in [6, 6.07) is 3.02. The number of Topliss-reactive ketones (excluding diaryl/α,β-unsaturated/α-hetero) is 1. The van der Waals surface area contributed by atoms with Crippen molar-refractivity contribution in [3.8, 4) is 0 Å². The van der Waals surface area contributed by atoms with Gasteiger partial charge in [-0.3, -0.25) is 4.79 Å². The number of hydrogen-bond donors (Lipinski definition) is 3. The molecule has 0 spiro atoms. The number of carbonyl (C=O) groups is 1. The second-order valence-corrected chi connectivity index (χ2v) is 6.54. The lowest BCUT2D eigenvalue weighted by molar-refractivity contribution is -0.122. The minimum Gasteiger partial charge on any atom is -0.393 e. The first-order valence-electron chi connectivity index (χ1n) is 7.36. The van der Waals surface area contributed by atoms with Crippen molar-refractivity contribution in [3.05, 3.63) is 22.4 Å². The fourth-order valence-electron chi connectivity index (χ4n) is 2.69. The maximum Gasteiger partial charge on any atom is 0.224 e. The number of hydrogen-bond acceptors (Lipinski definition) is 9. The number of nitrogens with two attached hydrogens (primary N) is 3. The Labute approximate surface area is 142 Å². The Morgan fingerprint density at radius 1 is 1.33 bits per heavy atom. The number of nitrogens with zero attached hydrogens (tertiary/aromatic N) is 4. The molecule has 1 unspecified atom stereocenters. The third kappa shape index (κ3) is 3.24. The Hall–Kier alpha value is -2.46. The summed E-state index contributed by atoms with van der Waals surface area (Å²) in [5.41, 5.74) is 17.5. The third-order valence-electron chi connectivity index (χ3n) is 3.88. The predicted molar refractivity (Wildman–Crippen MR) is 92.1 cm³/mol. The first-order valence-corrected chi connectivity index (χ1v) is 8.24. The number of piperazine rings is 1. The summed E-state index contributed by atoms with van der Waals surface area (Å²) in [4.78, 5) is 23.2. The van der Waals surface area contributed by atoms with Crippen molar-refractivity contribution >= 4 is 40.4 Å². The van der Waals surface area contributed by atoms with Crippen molar-refractivity contribution in [2.45, 2.75) is 12.5 Å². The van der Waals surface area contributed by atoms with Crippen molar-refractivity contribution in [2.24, 2.45) is 0 Å². The van der Waals surface area contributed by atoms with Crippen molar-refractivity contribution in [1.29, 1.82) is 0 Å². The Balaban J connectivity index is 1.91. The van der Waals surface area contributed by atoms with Gasteiger partial charge in [-0.1, -0.05) is 6.07 Å². The van der Waals surface area contributed by atoms with Crippen molar-refractivity contribution in [1.82, 2.24) is 15.1 Å². The van der Waals surface area contributed by atoms with Gasteiger partial charge in [-0.15, -0.1) is 20.9 Å². The van der Waals surface area contributed by atoms with Crippen molar-refractivity contribution in [3.63, 3.8) is 0 Å². The van der Waals surface area contributed by atoms with E-state index in [0.717, 1.165) is 4.88 Å². The number of thiophene rings is 1. The van der Waals surface area contributed by atoms with Gasteiger partial charge < -0.3 is 22.1 Å². The summed E-state index contributed by atoms with van der Waals surface area (Å²) in [7, 11) is 0. The molecule has 0 bridgehead atoms. The van der Waals surface area contributed by atoms with Crippen LogP contribution in [-0.4, -0.2) is 46.5 Å². The topological polar surface area (TPSA) is 127 Å². The molecule has 6 N–H and O–H groups in total. The fraction of sp³-hybridized carbons (Fsp3) is 0.357. The van der Waals surface area contributed by atoms with Crippen LogP contribution in [0, 0.1) is 0 Å². The van der Waals surface area contributed by atoms with Crippen LogP contribution < -0.4 is 22.1 Å². The predicted octanol–water partition coefficient (Wildman–Crippen LogP) is 0.472. The van der Waals surface area contributed by atoms with Crippen LogP contribution in [0.5, 0.6) is 0 Å². The molecule has 2 aromatic heterocycles. The molecule has 0 aromatic carbocycles. The number of rotatable bonds is 4. The highest BCUT2D eigenvalue weighted by atomic mass is 32.1. The van der Waals surface area contributed by atoms with E-state index in [1.165, 1.54) is 11.3 Å². The number of halogens is 1. The maximum absolute atomic E-state index is 13.8. The second-order valence-electron chi connectivity index (χ2n) is 5.50. The average Bonchev–Trinajstić information content (AvgIpc) is 3.04.